The lowest BCUT2D eigenvalue weighted by atomic mass is 9.94. The molecule has 0 bridgehead atoms. The number of ketones is 1. The second-order valence-corrected chi connectivity index (χ2v) is 9.53. The molecule has 1 atom stereocenters. The summed E-state index contributed by atoms with van der Waals surface area (Å²) >= 11 is 0. The van der Waals surface area contributed by atoms with Crippen LogP contribution in [0.3, 0.4) is 0 Å². The summed E-state index contributed by atoms with van der Waals surface area (Å²) < 4.78 is 5.94. The number of hydrogen-bond acceptors (Lipinski definition) is 4. The summed E-state index contributed by atoms with van der Waals surface area (Å²) in [6.07, 6.45) is 1.67. The van der Waals surface area contributed by atoms with Gasteiger partial charge in [-0.2, -0.15) is 0 Å². The molecule has 0 spiro atoms. The Morgan fingerprint density at radius 3 is 2.58 bits per heavy atom. The van der Waals surface area contributed by atoms with E-state index in [1.54, 1.807) is 12.3 Å². The Kier molecular flexibility index (Phi) is 6.10. The van der Waals surface area contributed by atoms with E-state index in [2.05, 4.69) is 18.8 Å². The van der Waals surface area contributed by atoms with Gasteiger partial charge in [0.05, 0.1) is 18.2 Å². The minimum absolute atomic E-state index is 0.0484. The molecule has 0 saturated carbocycles. The first kappa shape index (κ1) is 23.4. The SMILES string of the molecule is Cc1cccc(N2C(=O)C(=O)/C(=C(\O)c3c[nH]c4ccccc34)C2c2cccc(OCC(C)C)c2)c1. The van der Waals surface area contributed by atoms with Gasteiger partial charge in [-0.1, -0.05) is 56.3 Å². The predicted octanol–water partition coefficient (Wildman–Crippen LogP) is 6.14. The summed E-state index contributed by atoms with van der Waals surface area (Å²) in [7, 11) is 0. The van der Waals surface area contributed by atoms with Crippen molar-refractivity contribution < 1.29 is 19.4 Å². The molecule has 0 radical (unpaired) electrons. The number of amides is 1. The minimum atomic E-state index is -0.817. The van der Waals surface area contributed by atoms with Crippen molar-refractivity contribution in [3.8, 4) is 5.75 Å². The molecule has 1 fully saturated rings. The van der Waals surface area contributed by atoms with E-state index in [9.17, 15) is 14.7 Å². The number of Topliss-reactive ketones (excluding diaryl/α,β-unsaturated/α-hetero) is 1. The molecule has 6 heteroatoms. The van der Waals surface area contributed by atoms with Gasteiger partial charge in [-0.3, -0.25) is 14.5 Å². The van der Waals surface area contributed by atoms with Crippen LogP contribution in [-0.4, -0.2) is 28.4 Å². The van der Waals surface area contributed by atoms with Crippen LogP contribution in [0.2, 0.25) is 0 Å². The summed E-state index contributed by atoms with van der Waals surface area (Å²) in [6.45, 7) is 6.60. The summed E-state index contributed by atoms with van der Waals surface area (Å²) in [5, 5.41) is 12.3. The molecule has 1 saturated heterocycles. The Bertz CT molecular complexity index is 1500. The van der Waals surface area contributed by atoms with Crippen molar-refractivity contribution in [3.63, 3.8) is 0 Å². The zero-order valence-corrected chi connectivity index (χ0v) is 20.5. The van der Waals surface area contributed by atoms with Crippen molar-refractivity contribution in [2.75, 3.05) is 11.5 Å². The standard InChI is InChI=1S/C30H28N2O4/c1-18(2)17-36-22-11-7-9-20(15-22)27-26(28(33)24-16-31-25-13-5-4-12-23(24)25)29(34)30(35)32(27)21-10-6-8-19(3)14-21/h4-16,18,27,31,33H,17H2,1-3H3/b28-26-. The van der Waals surface area contributed by atoms with E-state index < -0.39 is 17.7 Å². The van der Waals surface area contributed by atoms with Gasteiger partial charge in [0.2, 0.25) is 0 Å². The van der Waals surface area contributed by atoms with Crippen LogP contribution in [0.5, 0.6) is 5.75 Å². The van der Waals surface area contributed by atoms with Gasteiger partial charge in [0, 0.05) is 28.4 Å². The van der Waals surface area contributed by atoms with Gasteiger partial charge in [0.15, 0.2) is 0 Å². The molecule has 2 heterocycles. The smallest absolute Gasteiger partial charge is 0.300 e. The number of carbonyl (C=O) groups is 2. The highest BCUT2D eigenvalue weighted by Gasteiger charge is 2.47. The molecular formula is C30H28N2O4. The highest BCUT2D eigenvalue weighted by atomic mass is 16.5. The van der Waals surface area contributed by atoms with E-state index in [0.29, 0.717) is 35.1 Å². The van der Waals surface area contributed by atoms with Crippen LogP contribution in [0.15, 0.2) is 84.6 Å². The van der Waals surface area contributed by atoms with Gasteiger partial charge in [-0.15, -0.1) is 0 Å². The predicted molar refractivity (Wildman–Crippen MR) is 141 cm³/mol. The molecule has 36 heavy (non-hydrogen) atoms. The van der Waals surface area contributed by atoms with Crippen LogP contribution in [0.1, 0.15) is 36.6 Å². The number of fused-ring (bicyclic) bond motifs is 1. The van der Waals surface area contributed by atoms with Crippen LogP contribution in [0, 0.1) is 12.8 Å². The van der Waals surface area contributed by atoms with Crippen molar-refractivity contribution in [1.82, 2.24) is 4.98 Å². The Morgan fingerprint density at radius 2 is 1.81 bits per heavy atom. The Hall–Kier alpha value is -4.32. The highest BCUT2D eigenvalue weighted by molar-refractivity contribution is 6.51. The Balaban J connectivity index is 1.71. The maximum absolute atomic E-state index is 13.5. The number of H-pyrrole nitrogens is 1. The van der Waals surface area contributed by atoms with Crippen molar-refractivity contribution in [2.24, 2.45) is 5.92 Å². The zero-order valence-electron chi connectivity index (χ0n) is 20.5. The lowest BCUT2D eigenvalue weighted by Crippen LogP contribution is -2.29. The fourth-order valence-electron chi connectivity index (χ4n) is 4.64. The van der Waals surface area contributed by atoms with Gasteiger partial charge in [0.1, 0.15) is 11.5 Å². The summed E-state index contributed by atoms with van der Waals surface area (Å²) in [5.41, 5.74) is 3.58. The number of rotatable bonds is 6. The van der Waals surface area contributed by atoms with Crippen molar-refractivity contribution in [2.45, 2.75) is 26.8 Å². The number of aliphatic hydroxyl groups excluding tert-OH is 1. The molecule has 6 nitrogen and oxygen atoms in total. The largest absolute Gasteiger partial charge is 0.507 e. The maximum atomic E-state index is 13.5. The van der Waals surface area contributed by atoms with E-state index in [-0.39, 0.29) is 11.3 Å². The average molecular weight is 481 g/mol. The number of aliphatic hydroxyl groups is 1. The van der Waals surface area contributed by atoms with Crippen LogP contribution in [-0.2, 0) is 9.59 Å². The van der Waals surface area contributed by atoms with Crippen molar-refractivity contribution in [1.29, 1.82) is 0 Å². The number of nitrogens with zero attached hydrogens (tertiary/aromatic N) is 1. The summed E-state index contributed by atoms with van der Waals surface area (Å²) in [4.78, 5) is 31.5. The first-order valence-corrected chi connectivity index (χ1v) is 12.0. The molecule has 0 aliphatic carbocycles. The third kappa shape index (κ3) is 4.15. The lowest BCUT2D eigenvalue weighted by molar-refractivity contribution is -0.132. The van der Waals surface area contributed by atoms with Gasteiger partial charge >= 0.3 is 0 Å². The van der Waals surface area contributed by atoms with E-state index in [4.69, 9.17) is 4.74 Å². The second kappa shape index (κ2) is 9.38. The Labute approximate surface area is 209 Å². The van der Waals surface area contributed by atoms with Gasteiger partial charge in [-0.05, 0) is 54.3 Å². The maximum Gasteiger partial charge on any atom is 0.300 e. The fraction of sp³-hybridized carbons (Fsp3) is 0.200. The molecule has 4 aromatic rings. The number of nitrogens with one attached hydrogen (secondary N) is 1. The highest BCUT2D eigenvalue weighted by Crippen LogP contribution is 2.43. The molecule has 5 rings (SSSR count). The first-order chi connectivity index (χ1) is 17.3. The normalized spacial score (nSPS) is 17.3. The third-order valence-corrected chi connectivity index (χ3v) is 6.33. The topological polar surface area (TPSA) is 82.6 Å². The number of carbonyl (C=O) groups excluding carboxylic acids is 2. The van der Waals surface area contributed by atoms with Crippen molar-refractivity contribution >= 4 is 34.0 Å². The van der Waals surface area contributed by atoms with Crippen LogP contribution in [0.4, 0.5) is 5.69 Å². The number of benzene rings is 3. The fourth-order valence-corrected chi connectivity index (χ4v) is 4.64. The summed E-state index contributed by atoms with van der Waals surface area (Å²) in [5.74, 6) is -0.630. The monoisotopic (exact) mass is 480 g/mol. The molecule has 1 unspecified atom stereocenters. The number of aromatic amines is 1. The number of aryl methyl sites for hydroxylation is 1. The summed E-state index contributed by atoms with van der Waals surface area (Å²) in [6, 6.07) is 21.5. The van der Waals surface area contributed by atoms with Crippen molar-refractivity contribution in [3.05, 3.63) is 101 Å². The molecule has 1 aliphatic rings. The van der Waals surface area contributed by atoms with Crippen LogP contribution >= 0.6 is 0 Å². The molecule has 1 aliphatic heterocycles. The van der Waals surface area contributed by atoms with E-state index >= 15 is 0 Å². The van der Waals surface area contributed by atoms with E-state index in [1.807, 2.05) is 73.7 Å². The number of ether oxygens (including phenoxy) is 1. The number of anilines is 1. The lowest BCUT2D eigenvalue weighted by Gasteiger charge is -2.26. The number of para-hydroxylation sites is 1. The number of aromatic nitrogens is 1. The number of hydrogen-bond donors (Lipinski definition) is 2. The molecule has 1 amide bonds. The van der Waals surface area contributed by atoms with Crippen LogP contribution < -0.4 is 9.64 Å². The molecule has 182 valence electrons. The van der Waals surface area contributed by atoms with Gasteiger partial charge in [-0.25, -0.2) is 0 Å². The quantitative estimate of drug-likeness (QED) is 0.197. The molecular weight excluding hydrogens is 452 g/mol. The third-order valence-electron chi connectivity index (χ3n) is 6.33. The van der Waals surface area contributed by atoms with E-state index in [0.717, 1.165) is 16.5 Å². The minimum Gasteiger partial charge on any atom is -0.507 e. The van der Waals surface area contributed by atoms with Crippen LogP contribution in [0.25, 0.3) is 16.7 Å². The average Bonchev–Trinajstić information content (AvgIpc) is 3.41. The first-order valence-electron chi connectivity index (χ1n) is 12.0. The Morgan fingerprint density at radius 1 is 1.03 bits per heavy atom. The van der Waals surface area contributed by atoms with Gasteiger partial charge in [0.25, 0.3) is 11.7 Å². The molecule has 3 aromatic carbocycles. The zero-order chi connectivity index (χ0) is 25.4. The molecule has 1 aromatic heterocycles. The molecule has 2 N–H and O–H groups in total. The van der Waals surface area contributed by atoms with Gasteiger partial charge < -0.3 is 14.8 Å². The second-order valence-electron chi connectivity index (χ2n) is 9.53. The van der Waals surface area contributed by atoms with E-state index in [1.165, 1.54) is 4.90 Å².